The van der Waals surface area contributed by atoms with Gasteiger partial charge in [-0.25, -0.2) is 9.18 Å². The summed E-state index contributed by atoms with van der Waals surface area (Å²) in [6, 6.07) is 5.49. The summed E-state index contributed by atoms with van der Waals surface area (Å²) in [5, 5.41) is 3.55. The highest BCUT2D eigenvalue weighted by atomic mass is 19.1. The van der Waals surface area contributed by atoms with Crippen LogP contribution in [0.3, 0.4) is 0 Å². The van der Waals surface area contributed by atoms with Crippen LogP contribution >= 0.6 is 0 Å². The quantitative estimate of drug-likeness (QED) is 0.777. The molecule has 2 rings (SSSR count). The van der Waals surface area contributed by atoms with Crippen molar-refractivity contribution in [2.75, 3.05) is 13.2 Å². The molecule has 0 aliphatic rings. The fraction of sp³-hybridized carbons (Fsp3) is 0.231. The average molecular weight is 265 g/mol. The molecule has 2 aromatic rings. The van der Waals surface area contributed by atoms with Gasteiger partial charge in [-0.1, -0.05) is 5.16 Å². The van der Waals surface area contributed by atoms with E-state index in [1.165, 1.54) is 24.4 Å². The number of carbonyl (C=O) groups is 1. The molecule has 19 heavy (non-hydrogen) atoms. The number of nitrogens with zero attached hydrogens (tertiary/aromatic N) is 1. The Morgan fingerprint density at radius 1 is 1.42 bits per heavy atom. The van der Waals surface area contributed by atoms with Crippen LogP contribution in [-0.4, -0.2) is 24.3 Å². The monoisotopic (exact) mass is 265 g/mol. The Balaban J connectivity index is 2.18. The molecule has 1 heterocycles. The van der Waals surface area contributed by atoms with Gasteiger partial charge in [0.25, 0.3) is 0 Å². The van der Waals surface area contributed by atoms with Gasteiger partial charge < -0.3 is 14.0 Å². The zero-order chi connectivity index (χ0) is 13.7. The Labute approximate surface area is 108 Å². The molecule has 0 unspecified atom stereocenters. The largest absolute Gasteiger partial charge is 0.481 e. The van der Waals surface area contributed by atoms with Gasteiger partial charge in [-0.2, -0.15) is 0 Å². The SMILES string of the molecule is CCOC(=O)COc1ccc(F)cc1-c1ccno1. The normalized spacial score (nSPS) is 10.2. The average Bonchev–Trinajstić information content (AvgIpc) is 2.91. The maximum absolute atomic E-state index is 13.2. The number of benzene rings is 1. The minimum atomic E-state index is -0.490. The van der Waals surface area contributed by atoms with Crippen LogP contribution < -0.4 is 4.74 Å². The fourth-order valence-electron chi connectivity index (χ4n) is 1.51. The molecule has 5 nitrogen and oxygen atoms in total. The number of hydrogen-bond acceptors (Lipinski definition) is 5. The second-order valence-electron chi connectivity index (χ2n) is 3.61. The van der Waals surface area contributed by atoms with E-state index < -0.39 is 11.8 Å². The number of rotatable bonds is 5. The second kappa shape index (κ2) is 5.99. The third kappa shape index (κ3) is 3.31. The van der Waals surface area contributed by atoms with Crippen molar-refractivity contribution >= 4 is 5.97 Å². The number of carbonyl (C=O) groups excluding carboxylic acids is 1. The molecule has 0 radical (unpaired) electrons. The standard InChI is InChI=1S/C13H12FNO4/c1-2-17-13(16)8-18-11-4-3-9(14)7-10(11)12-5-6-15-19-12/h3-7H,2,8H2,1H3. The van der Waals surface area contributed by atoms with Crippen molar-refractivity contribution in [3.8, 4) is 17.1 Å². The molecule has 1 aromatic carbocycles. The third-order valence-electron chi connectivity index (χ3n) is 2.30. The molecule has 6 heteroatoms. The van der Waals surface area contributed by atoms with Gasteiger partial charge in [0.2, 0.25) is 0 Å². The molecule has 0 saturated heterocycles. The summed E-state index contributed by atoms with van der Waals surface area (Å²) < 4.78 is 28.3. The van der Waals surface area contributed by atoms with Crippen LogP contribution in [0.25, 0.3) is 11.3 Å². The van der Waals surface area contributed by atoms with Gasteiger partial charge >= 0.3 is 5.97 Å². The highest BCUT2D eigenvalue weighted by Gasteiger charge is 2.13. The fourth-order valence-corrected chi connectivity index (χ4v) is 1.51. The van der Waals surface area contributed by atoms with Crippen molar-refractivity contribution in [1.82, 2.24) is 5.16 Å². The molecule has 0 N–H and O–H groups in total. The van der Waals surface area contributed by atoms with Crippen molar-refractivity contribution in [3.63, 3.8) is 0 Å². The topological polar surface area (TPSA) is 61.6 Å². The lowest BCUT2D eigenvalue weighted by Gasteiger charge is -2.09. The zero-order valence-electron chi connectivity index (χ0n) is 10.3. The summed E-state index contributed by atoms with van der Waals surface area (Å²) >= 11 is 0. The lowest BCUT2D eigenvalue weighted by molar-refractivity contribution is -0.145. The first-order valence-corrected chi connectivity index (χ1v) is 5.69. The highest BCUT2D eigenvalue weighted by Crippen LogP contribution is 2.30. The number of hydrogen-bond donors (Lipinski definition) is 0. The van der Waals surface area contributed by atoms with E-state index >= 15 is 0 Å². The molecule has 0 amide bonds. The Morgan fingerprint density at radius 3 is 2.95 bits per heavy atom. The summed E-state index contributed by atoms with van der Waals surface area (Å²) in [5.74, 6) is -0.241. The summed E-state index contributed by atoms with van der Waals surface area (Å²) in [4.78, 5) is 11.2. The van der Waals surface area contributed by atoms with E-state index in [2.05, 4.69) is 5.16 Å². The van der Waals surface area contributed by atoms with E-state index in [9.17, 15) is 9.18 Å². The predicted molar refractivity (Wildman–Crippen MR) is 64.0 cm³/mol. The van der Waals surface area contributed by atoms with Gasteiger partial charge in [-0.05, 0) is 25.1 Å². The number of ether oxygens (including phenoxy) is 2. The van der Waals surface area contributed by atoms with Crippen LogP contribution in [0.1, 0.15) is 6.92 Å². The maximum Gasteiger partial charge on any atom is 0.344 e. The summed E-state index contributed by atoms with van der Waals surface area (Å²) in [6.45, 7) is 1.73. The van der Waals surface area contributed by atoms with Crippen LogP contribution in [-0.2, 0) is 9.53 Å². The van der Waals surface area contributed by atoms with Gasteiger partial charge in [-0.15, -0.1) is 0 Å². The van der Waals surface area contributed by atoms with E-state index in [1.807, 2.05) is 0 Å². The van der Waals surface area contributed by atoms with Crippen LogP contribution in [0.4, 0.5) is 4.39 Å². The molecule has 1 aromatic heterocycles. The van der Waals surface area contributed by atoms with Crippen LogP contribution in [0.2, 0.25) is 0 Å². The first kappa shape index (κ1) is 13.1. The van der Waals surface area contributed by atoms with Crippen molar-refractivity contribution in [1.29, 1.82) is 0 Å². The minimum absolute atomic E-state index is 0.249. The molecule has 0 aliphatic carbocycles. The first-order valence-electron chi connectivity index (χ1n) is 5.69. The molecule has 100 valence electrons. The van der Waals surface area contributed by atoms with Crippen molar-refractivity contribution in [3.05, 3.63) is 36.3 Å². The second-order valence-corrected chi connectivity index (χ2v) is 3.61. The molecule has 0 spiro atoms. The van der Waals surface area contributed by atoms with E-state index in [-0.39, 0.29) is 13.2 Å². The van der Waals surface area contributed by atoms with E-state index in [4.69, 9.17) is 14.0 Å². The summed E-state index contributed by atoms with van der Waals surface area (Å²) in [5.41, 5.74) is 0.391. The van der Waals surface area contributed by atoms with Gasteiger partial charge in [0.1, 0.15) is 11.6 Å². The van der Waals surface area contributed by atoms with Gasteiger partial charge in [0.15, 0.2) is 12.4 Å². The van der Waals surface area contributed by atoms with Gasteiger partial charge in [-0.3, -0.25) is 0 Å². The molecule has 0 aliphatic heterocycles. The minimum Gasteiger partial charge on any atom is -0.481 e. The van der Waals surface area contributed by atoms with Crippen LogP contribution in [0.5, 0.6) is 5.75 Å². The lowest BCUT2D eigenvalue weighted by Crippen LogP contribution is -2.14. The molecule has 0 atom stereocenters. The summed E-state index contributed by atoms with van der Waals surface area (Å²) in [7, 11) is 0. The van der Waals surface area contributed by atoms with Gasteiger partial charge in [0.05, 0.1) is 18.4 Å². The Hall–Kier alpha value is -2.37. The molecular weight excluding hydrogens is 253 g/mol. The van der Waals surface area contributed by atoms with Gasteiger partial charge in [0, 0.05) is 6.07 Å². The molecular formula is C13H12FNO4. The Kier molecular flexibility index (Phi) is 4.12. The van der Waals surface area contributed by atoms with Crippen LogP contribution in [0.15, 0.2) is 35.0 Å². The number of aromatic nitrogens is 1. The molecule has 0 saturated carbocycles. The maximum atomic E-state index is 13.2. The molecule has 0 fully saturated rings. The summed E-state index contributed by atoms with van der Waals surface area (Å²) in [6.07, 6.45) is 1.44. The first-order chi connectivity index (χ1) is 9.20. The smallest absolute Gasteiger partial charge is 0.344 e. The number of esters is 1. The molecule has 0 bridgehead atoms. The van der Waals surface area contributed by atoms with Crippen molar-refractivity contribution in [2.45, 2.75) is 6.92 Å². The highest BCUT2D eigenvalue weighted by molar-refractivity contribution is 5.72. The van der Waals surface area contributed by atoms with Crippen molar-refractivity contribution < 1.29 is 23.2 Å². The third-order valence-corrected chi connectivity index (χ3v) is 2.30. The van der Waals surface area contributed by atoms with Crippen molar-refractivity contribution in [2.24, 2.45) is 0 Å². The van der Waals surface area contributed by atoms with E-state index in [0.717, 1.165) is 0 Å². The van der Waals surface area contributed by atoms with E-state index in [0.29, 0.717) is 17.1 Å². The Bertz CT molecular complexity index is 554. The lowest BCUT2D eigenvalue weighted by atomic mass is 10.1. The predicted octanol–water partition coefficient (Wildman–Crippen LogP) is 2.42. The van der Waals surface area contributed by atoms with E-state index in [1.54, 1.807) is 13.0 Å². The van der Waals surface area contributed by atoms with Crippen LogP contribution in [0, 0.1) is 5.82 Å². The number of halogens is 1. The Morgan fingerprint density at radius 2 is 2.26 bits per heavy atom. The zero-order valence-corrected chi connectivity index (χ0v) is 10.3.